The summed E-state index contributed by atoms with van der Waals surface area (Å²) in [6.45, 7) is 10.9. The van der Waals surface area contributed by atoms with Crippen LogP contribution in [0.1, 0.15) is 50.3 Å². The van der Waals surface area contributed by atoms with Gasteiger partial charge < -0.3 is 9.47 Å². The molecule has 0 spiro atoms. The maximum Gasteiger partial charge on any atom is 0.338 e. The largest absolute Gasteiger partial charge is 0.426 e. The number of hydrogen-bond acceptors (Lipinski definition) is 4. The molecule has 3 rings (SSSR count). The Balaban J connectivity index is 2.32. The van der Waals surface area contributed by atoms with Crippen LogP contribution in [0.15, 0.2) is 30.4 Å². The van der Waals surface area contributed by atoms with Gasteiger partial charge in [-0.1, -0.05) is 37.6 Å². The maximum atomic E-state index is 12.3. The van der Waals surface area contributed by atoms with Crippen molar-refractivity contribution in [2.45, 2.75) is 53.4 Å². The smallest absolute Gasteiger partial charge is 0.338 e. The van der Waals surface area contributed by atoms with E-state index in [1.807, 2.05) is 25.1 Å². The SMILES string of the molecule is C=C(C)C(=O)Oc1c2c(c(OC(C)=O)c3cc(C)ccc13)CCC(CC)C2. The highest BCUT2D eigenvalue weighted by atomic mass is 16.5. The van der Waals surface area contributed by atoms with E-state index in [2.05, 4.69) is 13.5 Å². The van der Waals surface area contributed by atoms with E-state index in [0.717, 1.165) is 53.1 Å². The Bertz CT molecular complexity index is 939. The molecule has 4 heteroatoms. The average Bonchev–Trinajstić information content (AvgIpc) is 2.63. The minimum Gasteiger partial charge on any atom is -0.426 e. The van der Waals surface area contributed by atoms with Gasteiger partial charge in [0.2, 0.25) is 0 Å². The monoisotopic (exact) mass is 366 g/mol. The Kier molecular flexibility index (Phi) is 5.36. The molecule has 0 fully saturated rings. The van der Waals surface area contributed by atoms with Crippen LogP contribution in [0.4, 0.5) is 0 Å². The molecule has 0 aliphatic heterocycles. The quantitative estimate of drug-likeness (QED) is 0.431. The zero-order valence-corrected chi connectivity index (χ0v) is 16.5. The van der Waals surface area contributed by atoms with Crippen LogP contribution in [0.3, 0.4) is 0 Å². The predicted molar refractivity (Wildman–Crippen MR) is 106 cm³/mol. The molecule has 0 radical (unpaired) electrons. The summed E-state index contributed by atoms with van der Waals surface area (Å²) in [6.07, 6.45) is 3.70. The second-order valence-electron chi connectivity index (χ2n) is 7.44. The highest BCUT2D eigenvalue weighted by Gasteiger charge is 2.29. The number of carbonyl (C=O) groups is 2. The lowest BCUT2D eigenvalue weighted by Crippen LogP contribution is -2.19. The van der Waals surface area contributed by atoms with Crippen LogP contribution in [-0.2, 0) is 22.4 Å². The Hall–Kier alpha value is -2.62. The van der Waals surface area contributed by atoms with Gasteiger partial charge in [0, 0.05) is 34.4 Å². The first-order valence-corrected chi connectivity index (χ1v) is 9.46. The van der Waals surface area contributed by atoms with E-state index in [-0.39, 0.29) is 5.97 Å². The Morgan fingerprint density at radius 2 is 1.81 bits per heavy atom. The van der Waals surface area contributed by atoms with Crippen LogP contribution in [0.2, 0.25) is 0 Å². The number of aryl methyl sites for hydroxylation is 1. The molecule has 1 aliphatic rings. The zero-order valence-electron chi connectivity index (χ0n) is 16.5. The summed E-state index contributed by atoms with van der Waals surface area (Å²) < 4.78 is 11.5. The van der Waals surface area contributed by atoms with Crippen molar-refractivity contribution in [3.63, 3.8) is 0 Å². The summed E-state index contributed by atoms with van der Waals surface area (Å²) >= 11 is 0. The van der Waals surface area contributed by atoms with Crippen molar-refractivity contribution in [3.8, 4) is 11.5 Å². The number of ether oxygens (including phenoxy) is 2. The van der Waals surface area contributed by atoms with Gasteiger partial charge in [-0.05, 0) is 45.1 Å². The molecule has 0 aromatic heterocycles. The lowest BCUT2D eigenvalue weighted by Gasteiger charge is -2.28. The lowest BCUT2D eigenvalue weighted by atomic mass is 9.80. The molecule has 1 unspecified atom stereocenters. The number of hydrogen-bond donors (Lipinski definition) is 0. The third-order valence-corrected chi connectivity index (χ3v) is 5.24. The fraction of sp³-hybridized carbons (Fsp3) is 0.391. The third-order valence-electron chi connectivity index (χ3n) is 5.24. The van der Waals surface area contributed by atoms with Gasteiger partial charge in [-0.2, -0.15) is 0 Å². The van der Waals surface area contributed by atoms with Gasteiger partial charge >= 0.3 is 11.9 Å². The van der Waals surface area contributed by atoms with Crippen LogP contribution in [0.5, 0.6) is 11.5 Å². The Morgan fingerprint density at radius 3 is 2.44 bits per heavy atom. The van der Waals surface area contributed by atoms with Crippen LogP contribution in [0, 0.1) is 12.8 Å². The van der Waals surface area contributed by atoms with Gasteiger partial charge in [0.05, 0.1) is 0 Å². The van der Waals surface area contributed by atoms with Crippen molar-refractivity contribution in [1.82, 2.24) is 0 Å². The fourth-order valence-electron chi connectivity index (χ4n) is 3.77. The molecule has 0 heterocycles. The van der Waals surface area contributed by atoms with Crippen LogP contribution < -0.4 is 9.47 Å². The summed E-state index contributed by atoms with van der Waals surface area (Å²) in [4.78, 5) is 24.1. The third kappa shape index (κ3) is 3.75. The molecular weight excluding hydrogens is 340 g/mol. The fourth-order valence-corrected chi connectivity index (χ4v) is 3.77. The van der Waals surface area contributed by atoms with E-state index in [1.54, 1.807) is 6.92 Å². The lowest BCUT2D eigenvalue weighted by molar-refractivity contribution is -0.132. The zero-order chi connectivity index (χ0) is 19.7. The molecule has 4 nitrogen and oxygen atoms in total. The maximum absolute atomic E-state index is 12.3. The first-order chi connectivity index (χ1) is 12.8. The van der Waals surface area contributed by atoms with Crippen LogP contribution in [0.25, 0.3) is 10.8 Å². The number of carbonyl (C=O) groups excluding carboxylic acids is 2. The van der Waals surface area contributed by atoms with Crippen molar-refractivity contribution >= 4 is 22.7 Å². The van der Waals surface area contributed by atoms with Crippen molar-refractivity contribution in [3.05, 3.63) is 47.0 Å². The second-order valence-corrected chi connectivity index (χ2v) is 7.44. The highest BCUT2D eigenvalue weighted by molar-refractivity contribution is 6.00. The predicted octanol–water partition coefficient (Wildman–Crippen LogP) is 5.07. The summed E-state index contributed by atoms with van der Waals surface area (Å²) in [5, 5.41) is 1.60. The molecular formula is C23H26O4. The normalized spacial score (nSPS) is 15.9. The molecule has 0 saturated heterocycles. The number of benzene rings is 2. The van der Waals surface area contributed by atoms with Crippen molar-refractivity contribution in [2.24, 2.45) is 5.92 Å². The molecule has 142 valence electrons. The van der Waals surface area contributed by atoms with Gasteiger partial charge in [0.1, 0.15) is 11.5 Å². The van der Waals surface area contributed by atoms with Crippen LogP contribution >= 0.6 is 0 Å². The molecule has 1 aliphatic carbocycles. The van der Waals surface area contributed by atoms with E-state index < -0.39 is 5.97 Å². The Labute approximate surface area is 160 Å². The van der Waals surface area contributed by atoms with Gasteiger partial charge in [-0.3, -0.25) is 4.79 Å². The number of rotatable bonds is 4. The van der Waals surface area contributed by atoms with Crippen molar-refractivity contribution < 1.29 is 19.1 Å². The van der Waals surface area contributed by atoms with Gasteiger partial charge in [-0.25, -0.2) is 4.79 Å². The molecule has 27 heavy (non-hydrogen) atoms. The van der Waals surface area contributed by atoms with E-state index >= 15 is 0 Å². The molecule has 0 N–H and O–H groups in total. The molecule has 0 amide bonds. The molecule has 0 bridgehead atoms. The average molecular weight is 366 g/mol. The topological polar surface area (TPSA) is 52.6 Å². The summed E-state index contributed by atoms with van der Waals surface area (Å²) in [5.41, 5.74) is 3.37. The van der Waals surface area contributed by atoms with Crippen molar-refractivity contribution in [1.29, 1.82) is 0 Å². The van der Waals surface area contributed by atoms with E-state index in [9.17, 15) is 9.59 Å². The van der Waals surface area contributed by atoms with Crippen LogP contribution in [-0.4, -0.2) is 11.9 Å². The first-order valence-electron chi connectivity index (χ1n) is 9.46. The second kappa shape index (κ2) is 7.55. The van der Waals surface area contributed by atoms with Crippen molar-refractivity contribution in [2.75, 3.05) is 0 Å². The summed E-state index contributed by atoms with van der Waals surface area (Å²) in [7, 11) is 0. The summed E-state index contributed by atoms with van der Waals surface area (Å²) in [6, 6.07) is 5.90. The molecule has 2 aromatic carbocycles. The highest BCUT2D eigenvalue weighted by Crippen LogP contribution is 2.46. The molecule has 2 aromatic rings. The Morgan fingerprint density at radius 1 is 1.11 bits per heavy atom. The van der Waals surface area contributed by atoms with Gasteiger partial charge in [0.25, 0.3) is 0 Å². The minimum absolute atomic E-state index is 0.343. The first kappa shape index (κ1) is 19.2. The minimum atomic E-state index is -0.432. The molecule has 0 saturated carbocycles. The van der Waals surface area contributed by atoms with Gasteiger partial charge in [0.15, 0.2) is 0 Å². The number of fused-ring (bicyclic) bond motifs is 2. The van der Waals surface area contributed by atoms with E-state index in [0.29, 0.717) is 23.0 Å². The summed E-state index contributed by atoms with van der Waals surface area (Å²) in [5.74, 6) is 0.943. The van der Waals surface area contributed by atoms with E-state index in [4.69, 9.17) is 9.47 Å². The molecule has 1 atom stereocenters. The van der Waals surface area contributed by atoms with E-state index in [1.165, 1.54) is 6.92 Å². The number of esters is 2. The standard InChI is InChI=1S/C23H26O4/c1-6-16-8-10-18-20(12-16)22(27-23(25)13(2)3)17-9-7-14(4)11-19(17)21(18)26-15(5)24/h7,9,11,16H,2,6,8,10,12H2,1,3-5H3. The van der Waals surface area contributed by atoms with Gasteiger partial charge in [-0.15, -0.1) is 0 Å².